The van der Waals surface area contributed by atoms with Gasteiger partial charge in [0.2, 0.25) is 0 Å². The minimum atomic E-state index is 0.730. The summed E-state index contributed by atoms with van der Waals surface area (Å²) in [6.07, 6.45) is 0.923. The van der Waals surface area contributed by atoms with Gasteiger partial charge in [0, 0.05) is 54.7 Å². The molecule has 0 spiro atoms. The lowest BCUT2D eigenvalue weighted by Crippen LogP contribution is -2.44. The van der Waals surface area contributed by atoms with Crippen LogP contribution >= 0.6 is 11.6 Å². The predicted molar refractivity (Wildman–Crippen MR) is 111 cm³/mol. The first-order valence-corrected chi connectivity index (χ1v) is 9.61. The lowest BCUT2D eigenvalue weighted by molar-refractivity contribution is 0.312. The Labute approximate surface area is 160 Å². The van der Waals surface area contributed by atoms with Gasteiger partial charge >= 0.3 is 0 Å². The first-order chi connectivity index (χ1) is 12.7. The molecular weight excluding hydrogens is 344 g/mol. The molecule has 0 aromatic heterocycles. The molecule has 0 atom stereocenters. The Morgan fingerprint density at radius 2 is 1.65 bits per heavy atom. The molecule has 0 radical (unpaired) electrons. The highest BCUT2D eigenvalue weighted by atomic mass is 35.5. The average molecular weight is 369 g/mol. The molecule has 4 nitrogen and oxygen atoms in total. The van der Waals surface area contributed by atoms with Crippen LogP contribution in [0.5, 0.6) is 0 Å². The quantitative estimate of drug-likeness (QED) is 0.823. The number of para-hydroxylation sites is 1. The Morgan fingerprint density at radius 3 is 2.42 bits per heavy atom. The number of likely N-dealkylation sites (N-methyl/N-ethyl adjacent to an activating group) is 1. The van der Waals surface area contributed by atoms with Gasteiger partial charge < -0.3 is 14.7 Å². The van der Waals surface area contributed by atoms with Crippen molar-refractivity contribution in [2.75, 3.05) is 56.2 Å². The molecule has 136 valence electrons. The minimum absolute atomic E-state index is 0.730. The van der Waals surface area contributed by atoms with Gasteiger partial charge in [-0.15, -0.1) is 0 Å². The molecule has 0 aliphatic carbocycles. The van der Waals surface area contributed by atoms with Crippen LogP contribution in [0.4, 0.5) is 11.4 Å². The fourth-order valence-corrected chi connectivity index (χ4v) is 3.80. The van der Waals surface area contributed by atoms with Crippen LogP contribution in [0.15, 0.2) is 53.5 Å². The minimum Gasteiger partial charge on any atom is -0.369 e. The lowest BCUT2D eigenvalue weighted by atomic mass is 10.0. The van der Waals surface area contributed by atoms with Gasteiger partial charge in [0.1, 0.15) is 6.67 Å². The molecule has 2 aliphatic heterocycles. The van der Waals surface area contributed by atoms with Crippen LogP contribution in [0.25, 0.3) is 0 Å². The number of piperazine rings is 1. The highest BCUT2D eigenvalue weighted by molar-refractivity contribution is 6.30. The van der Waals surface area contributed by atoms with E-state index in [0.29, 0.717) is 0 Å². The Hall–Kier alpha value is -2.04. The number of halogens is 1. The van der Waals surface area contributed by atoms with Crippen LogP contribution in [0.2, 0.25) is 5.02 Å². The number of benzene rings is 2. The van der Waals surface area contributed by atoms with Gasteiger partial charge in [0.15, 0.2) is 0 Å². The number of hydrogen-bond donors (Lipinski definition) is 0. The molecular formula is C21H25ClN4. The number of anilines is 2. The van der Waals surface area contributed by atoms with E-state index in [1.54, 1.807) is 0 Å². The fraction of sp³-hybridized carbons (Fsp3) is 0.381. The highest BCUT2D eigenvalue weighted by Gasteiger charge is 2.20. The van der Waals surface area contributed by atoms with Crippen molar-refractivity contribution in [3.63, 3.8) is 0 Å². The predicted octanol–water partition coefficient (Wildman–Crippen LogP) is 3.55. The largest absolute Gasteiger partial charge is 0.369 e. The Balaban J connectivity index is 1.44. The summed E-state index contributed by atoms with van der Waals surface area (Å²) in [5, 5.41) is 0.773. The van der Waals surface area contributed by atoms with E-state index in [0.717, 1.165) is 50.8 Å². The van der Waals surface area contributed by atoms with Gasteiger partial charge in [-0.3, -0.25) is 4.99 Å². The van der Waals surface area contributed by atoms with Crippen molar-refractivity contribution in [1.82, 2.24) is 4.90 Å². The van der Waals surface area contributed by atoms with Crippen LogP contribution in [0, 0.1) is 0 Å². The summed E-state index contributed by atoms with van der Waals surface area (Å²) in [5.41, 5.74) is 5.18. The van der Waals surface area contributed by atoms with Gasteiger partial charge in [-0.2, -0.15) is 0 Å². The molecule has 4 rings (SSSR count). The van der Waals surface area contributed by atoms with Crippen molar-refractivity contribution in [3.05, 3.63) is 59.1 Å². The normalized spacial score (nSPS) is 18.3. The van der Waals surface area contributed by atoms with Crippen molar-refractivity contribution >= 4 is 28.7 Å². The average Bonchev–Trinajstić information content (AvgIpc) is 3.12. The van der Waals surface area contributed by atoms with E-state index in [4.69, 9.17) is 16.6 Å². The van der Waals surface area contributed by atoms with Crippen LogP contribution in [0.1, 0.15) is 5.56 Å². The smallest absolute Gasteiger partial charge is 0.110 e. The van der Waals surface area contributed by atoms with Crippen molar-refractivity contribution in [2.45, 2.75) is 6.42 Å². The van der Waals surface area contributed by atoms with Gasteiger partial charge in [0.25, 0.3) is 0 Å². The summed E-state index contributed by atoms with van der Waals surface area (Å²) in [7, 11) is 2.20. The summed E-state index contributed by atoms with van der Waals surface area (Å²) in [5.74, 6) is 0. The van der Waals surface area contributed by atoms with Gasteiger partial charge in [-0.1, -0.05) is 29.8 Å². The van der Waals surface area contributed by atoms with Gasteiger partial charge in [-0.25, -0.2) is 0 Å². The van der Waals surface area contributed by atoms with E-state index in [-0.39, 0.29) is 0 Å². The third kappa shape index (κ3) is 3.87. The van der Waals surface area contributed by atoms with Crippen molar-refractivity contribution in [1.29, 1.82) is 0 Å². The Bertz CT molecular complexity index is 779. The van der Waals surface area contributed by atoms with E-state index in [1.165, 1.54) is 22.6 Å². The van der Waals surface area contributed by atoms with Gasteiger partial charge in [-0.05, 0) is 42.9 Å². The summed E-state index contributed by atoms with van der Waals surface area (Å²) in [4.78, 5) is 12.0. The zero-order valence-electron chi connectivity index (χ0n) is 15.2. The molecule has 2 aromatic rings. The molecule has 1 fully saturated rings. The molecule has 0 bridgehead atoms. The van der Waals surface area contributed by atoms with Gasteiger partial charge in [0.05, 0.1) is 6.54 Å². The van der Waals surface area contributed by atoms with Crippen LogP contribution < -0.4 is 9.80 Å². The third-order valence-corrected chi connectivity index (χ3v) is 5.51. The van der Waals surface area contributed by atoms with Crippen LogP contribution in [-0.2, 0) is 6.42 Å². The number of rotatable bonds is 4. The monoisotopic (exact) mass is 368 g/mol. The number of hydrogen-bond acceptors (Lipinski definition) is 4. The Kier molecular flexibility index (Phi) is 5.14. The maximum Gasteiger partial charge on any atom is 0.110 e. The zero-order chi connectivity index (χ0) is 17.9. The molecule has 0 N–H and O–H groups in total. The fourth-order valence-electron chi connectivity index (χ4n) is 3.68. The lowest BCUT2D eigenvalue weighted by Gasteiger charge is -2.35. The maximum atomic E-state index is 6.00. The topological polar surface area (TPSA) is 22.1 Å². The molecule has 1 saturated heterocycles. The summed E-state index contributed by atoms with van der Waals surface area (Å²) in [6.45, 7) is 6.05. The van der Waals surface area contributed by atoms with E-state index in [1.807, 2.05) is 12.1 Å². The molecule has 0 saturated carbocycles. The first-order valence-electron chi connectivity index (χ1n) is 9.23. The number of aliphatic imine (C=N–C) groups is 1. The van der Waals surface area contributed by atoms with Crippen LogP contribution in [0.3, 0.4) is 0 Å². The second-order valence-electron chi connectivity index (χ2n) is 7.14. The van der Waals surface area contributed by atoms with Crippen molar-refractivity contribution in [2.24, 2.45) is 4.99 Å². The van der Waals surface area contributed by atoms with E-state index >= 15 is 0 Å². The standard InChI is InChI=1S/C21H25ClN4/c1-24-10-12-25(13-11-24)21-5-3-2-4-17(21)14-19-15-26(16-23-19)20-8-6-18(22)7-9-20/h2-9H,10-16H2,1H3. The second kappa shape index (κ2) is 7.68. The van der Waals surface area contributed by atoms with E-state index < -0.39 is 0 Å². The van der Waals surface area contributed by atoms with E-state index in [9.17, 15) is 0 Å². The van der Waals surface area contributed by atoms with E-state index in [2.05, 4.69) is 58.1 Å². The molecule has 5 heteroatoms. The molecule has 2 aliphatic rings. The second-order valence-corrected chi connectivity index (χ2v) is 7.57. The summed E-state index contributed by atoms with van der Waals surface area (Å²) < 4.78 is 0. The first kappa shape index (κ1) is 17.4. The molecule has 26 heavy (non-hydrogen) atoms. The summed E-state index contributed by atoms with van der Waals surface area (Å²) in [6, 6.07) is 16.8. The zero-order valence-corrected chi connectivity index (χ0v) is 16.0. The third-order valence-electron chi connectivity index (χ3n) is 5.26. The SMILES string of the molecule is CN1CCN(c2ccccc2CC2=NCN(c3ccc(Cl)cc3)C2)CC1. The highest BCUT2D eigenvalue weighted by Crippen LogP contribution is 2.25. The summed E-state index contributed by atoms with van der Waals surface area (Å²) >= 11 is 6.00. The van der Waals surface area contributed by atoms with Crippen LogP contribution in [-0.4, -0.2) is 57.1 Å². The molecule has 0 unspecified atom stereocenters. The number of nitrogens with zero attached hydrogens (tertiary/aromatic N) is 4. The molecule has 0 amide bonds. The maximum absolute atomic E-state index is 6.00. The molecule has 2 heterocycles. The van der Waals surface area contributed by atoms with Crippen molar-refractivity contribution < 1.29 is 0 Å². The Morgan fingerprint density at radius 1 is 0.923 bits per heavy atom. The molecule has 2 aromatic carbocycles. The van der Waals surface area contributed by atoms with Crippen molar-refractivity contribution in [3.8, 4) is 0 Å².